The number of rotatable bonds is 4. The average molecular weight is 360 g/mol. The van der Waals surface area contributed by atoms with Gasteiger partial charge in [0.15, 0.2) is 0 Å². The van der Waals surface area contributed by atoms with Gasteiger partial charge in [0.25, 0.3) is 0 Å². The molecule has 0 N–H and O–H groups in total. The Hall–Kier alpha value is -2.26. The van der Waals surface area contributed by atoms with Crippen LogP contribution in [0.3, 0.4) is 0 Å². The van der Waals surface area contributed by atoms with Gasteiger partial charge in [0.05, 0.1) is 11.3 Å². The van der Waals surface area contributed by atoms with Gasteiger partial charge in [-0.15, -0.1) is 11.3 Å². The van der Waals surface area contributed by atoms with E-state index in [0.717, 1.165) is 46.8 Å². The summed E-state index contributed by atoms with van der Waals surface area (Å²) in [6.45, 7) is -0.876. The summed E-state index contributed by atoms with van der Waals surface area (Å²) in [7, 11) is 0. The molecule has 1 aliphatic rings. The summed E-state index contributed by atoms with van der Waals surface area (Å²) in [5.41, 5.74) is 3.52. The molecule has 3 nitrogen and oxygen atoms in total. The zero-order valence-corrected chi connectivity index (χ0v) is 14.7. The molecule has 0 amide bonds. The van der Waals surface area contributed by atoms with Crippen molar-refractivity contribution in [3.8, 4) is 23.1 Å². The van der Waals surface area contributed by atoms with Gasteiger partial charge in [-0.25, -0.2) is 4.98 Å². The van der Waals surface area contributed by atoms with Crippen LogP contribution in [0.5, 0.6) is 5.75 Å². The molecular formula is C19H18F2N2OS. The molecule has 1 aromatic heterocycles. The van der Waals surface area contributed by atoms with Crippen LogP contribution in [0.2, 0.25) is 0 Å². The summed E-state index contributed by atoms with van der Waals surface area (Å²) in [5, 5.41) is 10.3. The van der Waals surface area contributed by atoms with Crippen molar-refractivity contribution < 1.29 is 13.5 Å². The minimum absolute atomic E-state index is 0.119. The van der Waals surface area contributed by atoms with E-state index in [1.54, 1.807) is 12.1 Å². The highest BCUT2D eigenvalue weighted by molar-refractivity contribution is 7.13. The molecule has 1 fully saturated rings. The first-order valence-corrected chi connectivity index (χ1v) is 9.05. The molecule has 0 aliphatic heterocycles. The summed E-state index contributed by atoms with van der Waals surface area (Å²) in [5.74, 6) is 0.119. The van der Waals surface area contributed by atoms with Gasteiger partial charge < -0.3 is 4.74 Å². The average Bonchev–Trinajstić information content (AvgIpc) is 2.98. The van der Waals surface area contributed by atoms with Gasteiger partial charge in [0.2, 0.25) is 0 Å². The maximum Gasteiger partial charge on any atom is 0.387 e. The molecule has 0 spiro atoms. The number of nitriles is 1. The zero-order valence-electron chi connectivity index (χ0n) is 13.9. The molecule has 0 unspecified atom stereocenters. The van der Waals surface area contributed by atoms with Crippen LogP contribution < -0.4 is 4.74 Å². The van der Waals surface area contributed by atoms with Crippen molar-refractivity contribution in [3.05, 3.63) is 39.7 Å². The van der Waals surface area contributed by atoms with Gasteiger partial charge in [-0.05, 0) is 62.4 Å². The van der Waals surface area contributed by atoms with Crippen molar-refractivity contribution >= 4 is 16.9 Å². The molecule has 130 valence electrons. The van der Waals surface area contributed by atoms with Gasteiger partial charge in [0.1, 0.15) is 16.8 Å². The summed E-state index contributed by atoms with van der Waals surface area (Å²) in [6.07, 6.45) is 5.41. The van der Waals surface area contributed by atoms with Crippen molar-refractivity contribution in [3.63, 3.8) is 0 Å². The Morgan fingerprint density at radius 1 is 1.20 bits per heavy atom. The highest BCUT2D eigenvalue weighted by Crippen LogP contribution is 2.36. The molecule has 6 heteroatoms. The first kappa shape index (κ1) is 17.6. The Balaban J connectivity index is 1.91. The van der Waals surface area contributed by atoms with Crippen LogP contribution in [0, 0.1) is 18.3 Å². The van der Waals surface area contributed by atoms with Gasteiger partial charge >= 0.3 is 6.61 Å². The number of hydrogen-bond acceptors (Lipinski definition) is 4. The molecular weight excluding hydrogens is 342 g/mol. The predicted molar refractivity (Wildman–Crippen MR) is 94.5 cm³/mol. The first-order valence-electron chi connectivity index (χ1n) is 8.23. The molecule has 1 heterocycles. The molecule has 1 aliphatic carbocycles. The second kappa shape index (κ2) is 7.75. The maximum atomic E-state index is 12.2. The number of aryl methyl sites for hydroxylation is 1. The predicted octanol–water partition coefficient (Wildman–Crippen LogP) is 5.96. The van der Waals surface area contributed by atoms with E-state index in [1.807, 2.05) is 6.92 Å². The Kier molecular flexibility index (Phi) is 5.44. The molecule has 1 saturated carbocycles. The van der Waals surface area contributed by atoms with Gasteiger partial charge in [-0.2, -0.15) is 14.0 Å². The van der Waals surface area contributed by atoms with Crippen LogP contribution in [0.15, 0.2) is 29.8 Å². The zero-order chi connectivity index (χ0) is 17.8. The molecule has 2 aromatic rings. The number of ether oxygens (including phenoxy) is 1. The molecule has 1 aromatic carbocycles. The number of hydrogen-bond donors (Lipinski definition) is 0. The van der Waals surface area contributed by atoms with E-state index in [2.05, 4.69) is 15.8 Å². The summed E-state index contributed by atoms with van der Waals surface area (Å²) in [4.78, 5) is 5.67. The van der Waals surface area contributed by atoms with E-state index in [1.165, 1.54) is 35.5 Å². The highest BCUT2D eigenvalue weighted by atomic mass is 32.1. The SMILES string of the molecule is Cc1sc(C(C#N)=C2CCCCC2)nc1-c1ccc(OC(F)F)cc1. The lowest BCUT2D eigenvalue weighted by atomic mass is 9.91. The van der Waals surface area contributed by atoms with Crippen molar-refractivity contribution in [2.75, 3.05) is 0 Å². The van der Waals surface area contributed by atoms with Crippen LogP contribution in [0.1, 0.15) is 42.0 Å². The van der Waals surface area contributed by atoms with Crippen LogP contribution in [-0.4, -0.2) is 11.6 Å². The van der Waals surface area contributed by atoms with Gasteiger partial charge in [-0.1, -0.05) is 6.42 Å². The van der Waals surface area contributed by atoms with E-state index >= 15 is 0 Å². The normalized spacial score (nSPS) is 14.4. The Labute approximate surface area is 149 Å². The number of nitrogens with zero attached hydrogens (tertiary/aromatic N) is 2. The minimum atomic E-state index is -2.83. The van der Waals surface area contributed by atoms with Crippen molar-refractivity contribution in [2.45, 2.75) is 45.6 Å². The lowest BCUT2D eigenvalue weighted by molar-refractivity contribution is -0.0498. The number of aromatic nitrogens is 1. The van der Waals surface area contributed by atoms with Gasteiger partial charge in [0, 0.05) is 10.4 Å². The Morgan fingerprint density at radius 2 is 1.88 bits per heavy atom. The second-order valence-corrected chi connectivity index (χ2v) is 7.18. The topological polar surface area (TPSA) is 45.9 Å². The van der Waals surface area contributed by atoms with Crippen molar-refractivity contribution in [1.29, 1.82) is 5.26 Å². The fourth-order valence-electron chi connectivity index (χ4n) is 3.07. The second-order valence-electron chi connectivity index (χ2n) is 5.98. The summed E-state index contributed by atoms with van der Waals surface area (Å²) < 4.78 is 28.9. The smallest absolute Gasteiger partial charge is 0.387 e. The third-order valence-electron chi connectivity index (χ3n) is 4.29. The highest BCUT2D eigenvalue weighted by Gasteiger charge is 2.18. The van der Waals surface area contributed by atoms with Gasteiger partial charge in [-0.3, -0.25) is 0 Å². The lowest BCUT2D eigenvalue weighted by Crippen LogP contribution is -2.01. The Morgan fingerprint density at radius 3 is 2.48 bits per heavy atom. The summed E-state index contributed by atoms with van der Waals surface area (Å²) in [6, 6.07) is 8.77. The van der Waals surface area contributed by atoms with E-state index in [9.17, 15) is 14.0 Å². The van der Waals surface area contributed by atoms with Crippen molar-refractivity contribution in [1.82, 2.24) is 4.98 Å². The minimum Gasteiger partial charge on any atom is -0.435 e. The number of halogens is 2. The fraction of sp³-hybridized carbons (Fsp3) is 0.368. The fourth-order valence-corrected chi connectivity index (χ4v) is 4.05. The molecule has 0 radical (unpaired) electrons. The maximum absolute atomic E-state index is 12.2. The third kappa shape index (κ3) is 4.05. The standard InChI is InChI=1S/C19H18F2N2OS/c1-12-17(14-7-9-15(10-8-14)24-19(20)21)23-18(25-12)16(11-22)13-5-3-2-4-6-13/h7-10,19H,2-6H2,1H3. The largest absolute Gasteiger partial charge is 0.435 e. The van der Waals surface area contributed by atoms with Crippen LogP contribution >= 0.6 is 11.3 Å². The molecule has 3 rings (SSSR count). The number of thiazole rings is 1. The third-order valence-corrected chi connectivity index (χ3v) is 5.27. The van der Waals surface area contributed by atoms with Crippen LogP contribution in [0.25, 0.3) is 16.8 Å². The van der Waals surface area contributed by atoms with E-state index < -0.39 is 6.61 Å². The van der Waals surface area contributed by atoms with E-state index in [0.29, 0.717) is 5.57 Å². The number of allylic oxidation sites excluding steroid dienone is 2. The summed E-state index contributed by atoms with van der Waals surface area (Å²) >= 11 is 1.51. The number of alkyl halides is 2. The van der Waals surface area contributed by atoms with Crippen LogP contribution in [0.4, 0.5) is 8.78 Å². The monoisotopic (exact) mass is 360 g/mol. The lowest BCUT2D eigenvalue weighted by Gasteiger charge is -2.14. The van der Waals surface area contributed by atoms with E-state index in [-0.39, 0.29) is 5.75 Å². The van der Waals surface area contributed by atoms with E-state index in [4.69, 9.17) is 0 Å². The number of benzene rings is 1. The molecule has 25 heavy (non-hydrogen) atoms. The molecule has 0 atom stereocenters. The van der Waals surface area contributed by atoms with Crippen LogP contribution in [-0.2, 0) is 0 Å². The molecule has 0 saturated heterocycles. The first-order chi connectivity index (χ1) is 12.1. The Bertz CT molecular complexity index is 811. The quantitative estimate of drug-likeness (QED) is 0.632. The molecule has 0 bridgehead atoms. The van der Waals surface area contributed by atoms with Crippen molar-refractivity contribution in [2.24, 2.45) is 0 Å².